The highest BCUT2D eigenvalue weighted by molar-refractivity contribution is 8.00. The molecule has 0 radical (unpaired) electrons. The van der Waals surface area contributed by atoms with Crippen molar-refractivity contribution in [3.8, 4) is 5.75 Å². The summed E-state index contributed by atoms with van der Waals surface area (Å²) in [5, 5.41) is 49.3. The fourth-order valence-electron chi connectivity index (χ4n) is 7.57. The van der Waals surface area contributed by atoms with Crippen LogP contribution in [0.25, 0.3) is 0 Å². The SMILES string of the molecule is CC(C)C[C@@H]1NC(=O)[C@H](CCCC(=O)O)NC(=O)CSC[C@@H](C(N)=O)NC(=O)CCCCNC(=O)[C@H](CC(N)=O)NC(=O)C2(CCCCC2)NC(=O)[C@H](Cc2ccc(O)c([N+](=O)[O-])c2)NC1=O. The van der Waals surface area contributed by atoms with Crippen molar-refractivity contribution in [2.75, 3.05) is 18.1 Å². The van der Waals surface area contributed by atoms with Gasteiger partial charge in [0.1, 0.15) is 35.7 Å². The Bertz CT molecular complexity index is 2010. The molecule has 25 heteroatoms. The van der Waals surface area contributed by atoms with Crippen LogP contribution in [-0.4, -0.2) is 128 Å². The number of carbonyl (C=O) groups excluding carboxylic acids is 9. The Morgan fingerprint density at radius 1 is 0.836 bits per heavy atom. The zero-order chi connectivity index (χ0) is 49.8. The number of nitrogens with two attached hydrogens (primary N) is 2. The number of benzene rings is 1. The Hall–Kier alpha value is -6.53. The van der Waals surface area contributed by atoms with Crippen LogP contribution in [0.3, 0.4) is 0 Å². The number of carboxylic acid groups (broad SMARTS) is 1. The Kier molecular flexibility index (Phi) is 21.7. The van der Waals surface area contributed by atoms with Gasteiger partial charge in [-0.05, 0) is 62.5 Å². The number of phenols is 1. The number of aliphatic carboxylic acids is 1. The van der Waals surface area contributed by atoms with Crippen molar-refractivity contribution in [1.29, 1.82) is 0 Å². The zero-order valence-corrected chi connectivity index (χ0v) is 38.3. The van der Waals surface area contributed by atoms with Gasteiger partial charge in [0.15, 0.2) is 5.75 Å². The van der Waals surface area contributed by atoms with Crippen molar-refractivity contribution in [3.05, 3.63) is 33.9 Å². The summed E-state index contributed by atoms with van der Waals surface area (Å²) in [6.45, 7) is 3.46. The number of thioether (sulfide) groups is 1. The van der Waals surface area contributed by atoms with Gasteiger partial charge in [-0.3, -0.25) is 58.1 Å². The van der Waals surface area contributed by atoms with Crippen LogP contribution in [0.15, 0.2) is 18.2 Å². The molecule has 3 rings (SSSR count). The Morgan fingerprint density at radius 2 is 1.51 bits per heavy atom. The summed E-state index contributed by atoms with van der Waals surface area (Å²) in [7, 11) is 0. The quantitative estimate of drug-likeness (QED) is 0.0864. The predicted molar refractivity (Wildman–Crippen MR) is 240 cm³/mol. The Balaban J connectivity index is 2.10. The number of nitrogens with one attached hydrogen (secondary N) is 7. The third kappa shape index (κ3) is 18.3. The van der Waals surface area contributed by atoms with Crippen LogP contribution in [0.1, 0.15) is 103 Å². The summed E-state index contributed by atoms with van der Waals surface area (Å²) in [4.78, 5) is 143. The van der Waals surface area contributed by atoms with Crippen molar-refractivity contribution >= 4 is 76.6 Å². The van der Waals surface area contributed by atoms with Gasteiger partial charge >= 0.3 is 11.7 Å². The fourth-order valence-corrected chi connectivity index (χ4v) is 8.44. The van der Waals surface area contributed by atoms with Crippen LogP contribution in [0.2, 0.25) is 0 Å². The maximum atomic E-state index is 14.5. The smallest absolute Gasteiger partial charge is 0.310 e. The van der Waals surface area contributed by atoms with Crippen LogP contribution in [0, 0.1) is 16.0 Å². The molecule has 1 aliphatic carbocycles. The van der Waals surface area contributed by atoms with Crippen LogP contribution in [-0.2, 0) is 54.4 Å². The number of hydrogen-bond acceptors (Lipinski definition) is 14. The van der Waals surface area contributed by atoms with E-state index in [0.717, 1.165) is 23.9 Å². The van der Waals surface area contributed by atoms with E-state index in [4.69, 9.17) is 11.5 Å². The molecule has 9 amide bonds. The summed E-state index contributed by atoms with van der Waals surface area (Å²) in [5.41, 5.74) is 8.66. The average Bonchev–Trinajstić information content (AvgIpc) is 3.24. The lowest BCUT2D eigenvalue weighted by Crippen LogP contribution is -2.66. The van der Waals surface area contributed by atoms with E-state index in [1.807, 2.05) is 0 Å². The molecule has 2 aliphatic rings. The first kappa shape index (κ1) is 54.8. The molecule has 67 heavy (non-hydrogen) atoms. The maximum Gasteiger partial charge on any atom is 0.310 e. The van der Waals surface area contributed by atoms with Crippen molar-refractivity contribution in [2.24, 2.45) is 17.4 Å². The number of aromatic hydroxyl groups is 1. The molecule has 370 valence electrons. The first-order chi connectivity index (χ1) is 31.6. The monoisotopic (exact) mass is 962 g/mol. The second kappa shape index (κ2) is 26.6. The minimum atomic E-state index is -1.71. The Morgan fingerprint density at radius 3 is 2.13 bits per heavy atom. The van der Waals surface area contributed by atoms with Crippen molar-refractivity contribution in [1.82, 2.24) is 37.2 Å². The van der Waals surface area contributed by atoms with Gasteiger partial charge in [0.05, 0.1) is 17.1 Å². The fraction of sp³-hybridized carbons (Fsp3) is 0.619. The first-order valence-electron chi connectivity index (χ1n) is 22.0. The molecular formula is C42H62N10O14S. The summed E-state index contributed by atoms with van der Waals surface area (Å²) >= 11 is 0.905. The number of amides is 9. The second-order valence-electron chi connectivity index (χ2n) is 17.1. The van der Waals surface area contributed by atoms with Gasteiger partial charge in [-0.2, -0.15) is 0 Å². The van der Waals surface area contributed by atoms with Gasteiger partial charge in [0, 0.05) is 37.6 Å². The Labute approximate surface area is 390 Å². The van der Waals surface area contributed by atoms with E-state index in [9.17, 15) is 68.3 Å². The summed E-state index contributed by atoms with van der Waals surface area (Å²) < 4.78 is 0. The molecular weight excluding hydrogens is 901 g/mol. The molecule has 0 aromatic heterocycles. The standard InChI is InChI=1S/C42H62N10O14S/c1-23(2)17-26-39(62)49-27(18-24-12-13-31(53)30(19-24)52(65)66)40(63)51-42(14-5-3-6-15-42)41(64)50-28(20-32(43)54)37(60)45-16-7-4-10-33(55)47-29(36(44)59)21-67-22-34(56)46-25(38(61)48-26)9-8-11-35(57)58/h12-13,19,23,25-29,53H,3-11,14-18,20-22H2,1-2H3,(H2,43,54)(H2,44,59)(H,45,60)(H,46,56)(H,47,55)(H,48,61)(H,49,62)(H,50,64)(H,51,63)(H,57,58)/t25-,26-,27-,28-,29-/m0/s1. The number of hydrogen-bond donors (Lipinski definition) is 11. The van der Waals surface area contributed by atoms with Crippen LogP contribution in [0.4, 0.5) is 5.69 Å². The lowest BCUT2D eigenvalue weighted by atomic mass is 9.80. The molecule has 1 saturated carbocycles. The van der Waals surface area contributed by atoms with Crippen LogP contribution < -0.4 is 48.7 Å². The summed E-state index contributed by atoms with van der Waals surface area (Å²) in [5.74, 6) is -10.1. The zero-order valence-electron chi connectivity index (χ0n) is 37.5. The number of nitro benzene ring substituents is 1. The highest BCUT2D eigenvalue weighted by Gasteiger charge is 2.44. The van der Waals surface area contributed by atoms with Gasteiger partial charge in [-0.1, -0.05) is 39.2 Å². The highest BCUT2D eigenvalue weighted by atomic mass is 32.2. The van der Waals surface area contributed by atoms with Crippen LogP contribution in [0.5, 0.6) is 5.75 Å². The van der Waals surface area contributed by atoms with E-state index in [1.54, 1.807) is 13.8 Å². The molecule has 1 heterocycles. The van der Waals surface area contributed by atoms with Gasteiger partial charge in [-0.25, -0.2) is 0 Å². The number of rotatable bonds is 12. The molecule has 5 atom stereocenters. The van der Waals surface area contributed by atoms with Crippen molar-refractivity contribution in [2.45, 2.75) is 139 Å². The predicted octanol–water partition coefficient (Wildman–Crippen LogP) is -1.22. The summed E-state index contributed by atoms with van der Waals surface area (Å²) in [6.07, 6.45) is 0.294. The topological polar surface area (TPSA) is 391 Å². The molecule has 1 aliphatic heterocycles. The minimum absolute atomic E-state index is 0.00734. The van der Waals surface area contributed by atoms with E-state index in [0.29, 0.717) is 19.3 Å². The largest absolute Gasteiger partial charge is 0.502 e. The van der Waals surface area contributed by atoms with E-state index >= 15 is 0 Å². The van der Waals surface area contributed by atoms with Crippen LogP contribution >= 0.6 is 11.8 Å². The molecule has 0 unspecified atom stereocenters. The highest BCUT2D eigenvalue weighted by Crippen LogP contribution is 2.30. The summed E-state index contributed by atoms with van der Waals surface area (Å²) in [6, 6.07) is -3.74. The van der Waals surface area contributed by atoms with Gasteiger partial charge < -0.3 is 58.9 Å². The average molecular weight is 963 g/mol. The second-order valence-corrected chi connectivity index (χ2v) is 18.1. The third-order valence-electron chi connectivity index (χ3n) is 11.0. The van der Waals surface area contributed by atoms with E-state index in [2.05, 4.69) is 37.2 Å². The molecule has 0 bridgehead atoms. The van der Waals surface area contributed by atoms with Gasteiger partial charge in [0.2, 0.25) is 53.2 Å². The van der Waals surface area contributed by atoms with Crippen molar-refractivity contribution < 1.29 is 63.1 Å². The number of nitrogens with zero attached hydrogens (tertiary/aromatic N) is 1. The number of nitro groups is 1. The number of phenolic OH excluding ortho intramolecular Hbond substituents is 1. The first-order valence-corrected chi connectivity index (χ1v) is 23.2. The van der Waals surface area contributed by atoms with E-state index in [1.165, 1.54) is 6.07 Å². The lowest BCUT2D eigenvalue weighted by molar-refractivity contribution is -0.385. The number of carbonyl (C=O) groups is 10. The van der Waals surface area contributed by atoms with E-state index in [-0.39, 0.29) is 87.3 Å². The number of primary amides is 2. The normalized spacial score (nSPS) is 23.5. The molecule has 1 aromatic carbocycles. The van der Waals surface area contributed by atoms with E-state index < -0.39 is 124 Å². The molecule has 1 aromatic rings. The van der Waals surface area contributed by atoms with Crippen molar-refractivity contribution in [3.63, 3.8) is 0 Å². The molecule has 1 saturated heterocycles. The lowest BCUT2D eigenvalue weighted by Gasteiger charge is -2.38. The third-order valence-corrected chi connectivity index (χ3v) is 12.1. The molecule has 24 nitrogen and oxygen atoms in total. The van der Waals surface area contributed by atoms with Gasteiger partial charge in [0.25, 0.3) is 0 Å². The maximum absolute atomic E-state index is 14.5. The van der Waals surface area contributed by atoms with Gasteiger partial charge in [-0.15, -0.1) is 11.8 Å². The molecule has 1 spiro atoms. The minimum Gasteiger partial charge on any atom is -0.502 e. The number of carboxylic acids is 1. The molecule has 2 fully saturated rings. The molecule has 13 N–H and O–H groups in total.